The number of benzene rings is 1. The second-order valence-corrected chi connectivity index (χ2v) is 3.69. The molecule has 0 aliphatic rings. The van der Waals surface area contributed by atoms with Gasteiger partial charge in [-0.25, -0.2) is 4.79 Å². The molecule has 0 bridgehead atoms. The van der Waals surface area contributed by atoms with Gasteiger partial charge in [0.05, 0.1) is 11.6 Å². The zero-order chi connectivity index (χ0) is 13.1. The van der Waals surface area contributed by atoms with Crippen molar-refractivity contribution in [3.05, 3.63) is 56.7 Å². The zero-order valence-corrected chi connectivity index (χ0v) is 9.60. The average Bonchev–Trinajstić information content (AvgIpc) is 2.37. The highest BCUT2D eigenvalue weighted by molar-refractivity contribution is 5.60. The summed E-state index contributed by atoms with van der Waals surface area (Å²) >= 11 is 0. The Balaban J connectivity index is 2.47. The van der Waals surface area contributed by atoms with E-state index in [1.807, 2.05) is 6.07 Å². The largest absolute Gasteiger partial charge is 0.331 e. The van der Waals surface area contributed by atoms with Crippen molar-refractivity contribution in [2.75, 3.05) is 11.9 Å². The van der Waals surface area contributed by atoms with Gasteiger partial charge in [-0.2, -0.15) is 5.26 Å². The Bertz CT molecular complexity index is 695. The van der Waals surface area contributed by atoms with Crippen LogP contribution in [0.1, 0.15) is 5.56 Å². The third-order valence-corrected chi connectivity index (χ3v) is 2.47. The molecule has 6 heteroatoms. The number of nitriles is 1. The van der Waals surface area contributed by atoms with Gasteiger partial charge in [-0.3, -0.25) is 14.8 Å². The van der Waals surface area contributed by atoms with E-state index in [4.69, 9.17) is 5.26 Å². The van der Waals surface area contributed by atoms with E-state index < -0.39 is 11.2 Å². The highest BCUT2D eigenvalue weighted by Gasteiger charge is 2.06. The molecule has 0 aliphatic carbocycles. The summed E-state index contributed by atoms with van der Waals surface area (Å²) in [5, 5.41) is 8.82. The molecule has 0 saturated carbocycles. The van der Waals surface area contributed by atoms with Gasteiger partial charge in [0.1, 0.15) is 5.82 Å². The van der Waals surface area contributed by atoms with Crippen LogP contribution >= 0.6 is 0 Å². The van der Waals surface area contributed by atoms with Crippen LogP contribution in [0.4, 0.5) is 11.5 Å². The Morgan fingerprint density at radius 1 is 1.22 bits per heavy atom. The molecule has 0 amide bonds. The van der Waals surface area contributed by atoms with E-state index in [-0.39, 0.29) is 0 Å². The fraction of sp³-hybridized carbons (Fsp3) is 0.0833. The number of hydrogen-bond donors (Lipinski definition) is 2. The third kappa shape index (κ3) is 2.30. The van der Waals surface area contributed by atoms with Gasteiger partial charge < -0.3 is 4.90 Å². The molecule has 0 radical (unpaired) electrons. The predicted molar refractivity (Wildman–Crippen MR) is 66.9 cm³/mol. The van der Waals surface area contributed by atoms with Crippen molar-refractivity contribution in [3.63, 3.8) is 0 Å². The molecule has 6 nitrogen and oxygen atoms in total. The summed E-state index contributed by atoms with van der Waals surface area (Å²) in [7, 11) is 1.70. The molecule has 1 heterocycles. The molecule has 1 aromatic heterocycles. The standard InChI is InChI=1S/C12H10N4O2/c1-16(9-4-2-3-8(5-9)7-13)10-6-11(17)15-12(18)14-10/h2-6H,1H3,(H2,14,15,17,18). The molecule has 2 aromatic rings. The van der Waals surface area contributed by atoms with Gasteiger partial charge in [-0.15, -0.1) is 0 Å². The minimum absolute atomic E-state index is 0.360. The number of nitrogens with one attached hydrogen (secondary N) is 2. The van der Waals surface area contributed by atoms with Gasteiger partial charge in [0, 0.05) is 18.8 Å². The molecule has 90 valence electrons. The first-order valence-corrected chi connectivity index (χ1v) is 5.17. The van der Waals surface area contributed by atoms with Crippen LogP contribution in [0.5, 0.6) is 0 Å². The SMILES string of the molecule is CN(c1cccc(C#N)c1)c1cc(=O)[nH]c(=O)[nH]1. The monoisotopic (exact) mass is 242 g/mol. The van der Waals surface area contributed by atoms with Crippen LogP contribution in [-0.2, 0) is 0 Å². The third-order valence-electron chi connectivity index (χ3n) is 2.47. The fourth-order valence-corrected chi connectivity index (χ4v) is 1.56. The van der Waals surface area contributed by atoms with Crippen molar-refractivity contribution in [2.24, 2.45) is 0 Å². The van der Waals surface area contributed by atoms with Gasteiger partial charge in [-0.1, -0.05) is 6.07 Å². The second kappa shape index (κ2) is 4.59. The molecule has 0 unspecified atom stereocenters. The summed E-state index contributed by atoms with van der Waals surface area (Å²) in [4.78, 5) is 28.6. The summed E-state index contributed by atoms with van der Waals surface area (Å²) in [6, 6.07) is 10.2. The second-order valence-electron chi connectivity index (χ2n) is 3.69. The molecule has 0 saturated heterocycles. The van der Waals surface area contributed by atoms with Crippen molar-refractivity contribution in [3.8, 4) is 6.07 Å². The van der Waals surface area contributed by atoms with E-state index in [1.54, 1.807) is 36.2 Å². The Morgan fingerprint density at radius 2 is 2.00 bits per heavy atom. The minimum Gasteiger partial charge on any atom is -0.331 e. The fourth-order valence-electron chi connectivity index (χ4n) is 1.56. The number of rotatable bonds is 2. The van der Waals surface area contributed by atoms with E-state index in [9.17, 15) is 9.59 Å². The van der Waals surface area contributed by atoms with Crippen molar-refractivity contribution < 1.29 is 0 Å². The molecule has 0 fully saturated rings. The molecule has 0 atom stereocenters. The van der Waals surface area contributed by atoms with Crippen molar-refractivity contribution in [1.82, 2.24) is 9.97 Å². The quantitative estimate of drug-likeness (QED) is 0.810. The highest BCUT2D eigenvalue weighted by atomic mass is 16.2. The summed E-state index contributed by atoms with van der Waals surface area (Å²) in [5.74, 6) is 0.360. The van der Waals surface area contributed by atoms with Crippen LogP contribution in [0.15, 0.2) is 39.9 Å². The topological polar surface area (TPSA) is 92.8 Å². The lowest BCUT2D eigenvalue weighted by atomic mass is 10.2. The Labute approximate surface area is 102 Å². The molecule has 18 heavy (non-hydrogen) atoms. The Morgan fingerprint density at radius 3 is 2.67 bits per heavy atom. The minimum atomic E-state index is -0.569. The van der Waals surface area contributed by atoms with Crippen LogP contribution in [-0.4, -0.2) is 17.0 Å². The highest BCUT2D eigenvalue weighted by Crippen LogP contribution is 2.20. The van der Waals surface area contributed by atoms with Crippen molar-refractivity contribution in [2.45, 2.75) is 0 Å². The van der Waals surface area contributed by atoms with E-state index in [1.165, 1.54) is 6.07 Å². The smallest absolute Gasteiger partial charge is 0.327 e. The van der Waals surface area contributed by atoms with Crippen LogP contribution in [0.2, 0.25) is 0 Å². The van der Waals surface area contributed by atoms with Gasteiger partial charge in [0.2, 0.25) is 0 Å². The first-order valence-electron chi connectivity index (χ1n) is 5.17. The molecular formula is C12H10N4O2. The van der Waals surface area contributed by atoms with Gasteiger partial charge in [0.15, 0.2) is 0 Å². The van der Waals surface area contributed by atoms with Crippen LogP contribution in [0.3, 0.4) is 0 Å². The molecule has 2 rings (SSSR count). The Hall–Kier alpha value is -2.81. The lowest BCUT2D eigenvalue weighted by Crippen LogP contribution is -2.25. The maximum atomic E-state index is 11.2. The average molecular weight is 242 g/mol. The van der Waals surface area contributed by atoms with Gasteiger partial charge in [0.25, 0.3) is 5.56 Å². The summed E-state index contributed by atoms with van der Waals surface area (Å²) < 4.78 is 0. The van der Waals surface area contributed by atoms with Crippen LogP contribution in [0.25, 0.3) is 0 Å². The number of H-pyrrole nitrogens is 2. The van der Waals surface area contributed by atoms with E-state index in [2.05, 4.69) is 9.97 Å². The van der Waals surface area contributed by atoms with Crippen molar-refractivity contribution >= 4 is 11.5 Å². The zero-order valence-electron chi connectivity index (χ0n) is 9.60. The molecule has 0 aliphatic heterocycles. The lowest BCUT2D eigenvalue weighted by molar-refractivity contribution is 0.998. The summed E-state index contributed by atoms with van der Waals surface area (Å²) in [6.45, 7) is 0. The molecule has 2 N–H and O–H groups in total. The van der Waals surface area contributed by atoms with Crippen LogP contribution in [0, 0.1) is 11.3 Å². The Kier molecular flexibility index (Phi) is 2.98. The van der Waals surface area contributed by atoms with E-state index in [0.717, 1.165) is 0 Å². The maximum Gasteiger partial charge on any atom is 0.327 e. The lowest BCUT2D eigenvalue weighted by Gasteiger charge is -2.18. The molecule has 0 spiro atoms. The normalized spacial score (nSPS) is 9.78. The molecular weight excluding hydrogens is 232 g/mol. The molecule has 1 aromatic carbocycles. The number of aromatic nitrogens is 2. The predicted octanol–water partition coefficient (Wildman–Crippen LogP) is 0.703. The van der Waals surface area contributed by atoms with E-state index >= 15 is 0 Å². The number of hydrogen-bond acceptors (Lipinski definition) is 4. The van der Waals surface area contributed by atoms with Crippen molar-refractivity contribution in [1.29, 1.82) is 5.26 Å². The van der Waals surface area contributed by atoms with E-state index in [0.29, 0.717) is 17.1 Å². The van der Waals surface area contributed by atoms with Crippen LogP contribution < -0.4 is 16.1 Å². The first-order chi connectivity index (χ1) is 8.60. The van der Waals surface area contributed by atoms with Gasteiger partial charge in [-0.05, 0) is 18.2 Å². The number of anilines is 2. The first kappa shape index (κ1) is 11.7. The maximum absolute atomic E-state index is 11.2. The number of nitrogens with zero attached hydrogens (tertiary/aromatic N) is 2. The number of aromatic amines is 2. The van der Waals surface area contributed by atoms with Gasteiger partial charge >= 0.3 is 5.69 Å². The summed E-state index contributed by atoms with van der Waals surface area (Å²) in [5.41, 5.74) is 0.166. The summed E-state index contributed by atoms with van der Waals surface area (Å²) in [6.07, 6.45) is 0.